The second-order valence-corrected chi connectivity index (χ2v) is 4.16. The highest BCUT2D eigenvalue weighted by molar-refractivity contribution is 9.10. The molecule has 0 aromatic heterocycles. The van der Waals surface area contributed by atoms with Crippen LogP contribution in [0.25, 0.3) is 0 Å². The van der Waals surface area contributed by atoms with Crippen molar-refractivity contribution < 1.29 is 9.84 Å². The first-order valence-electron chi connectivity index (χ1n) is 4.64. The Morgan fingerprint density at radius 2 is 2.21 bits per heavy atom. The van der Waals surface area contributed by atoms with E-state index in [2.05, 4.69) is 15.9 Å². The molecule has 78 valence electrons. The molecule has 1 atom stereocenters. The van der Waals surface area contributed by atoms with Crippen LogP contribution in [0.5, 0.6) is 5.75 Å². The van der Waals surface area contributed by atoms with Crippen molar-refractivity contribution in [3.05, 3.63) is 28.2 Å². The SMILES string of the molecule is COc1cccc(Br)c1CCC(C)O. The fourth-order valence-corrected chi connectivity index (χ4v) is 1.87. The number of ether oxygens (including phenoxy) is 1. The normalized spacial score (nSPS) is 12.6. The molecule has 0 spiro atoms. The lowest BCUT2D eigenvalue weighted by atomic mass is 10.1. The molecule has 0 fully saturated rings. The largest absolute Gasteiger partial charge is 0.496 e. The van der Waals surface area contributed by atoms with Gasteiger partial charge in [0, 0.05) is 10.0 Å². The van der Waals surface area contributed by atoms with Crippen LogP contribution in [0.15, 0.2) is 22.7 Å². The maximum absolute atomic E-state index is 9.21. The molecule has 0 saturated carbocycles. The van der Waals surface area contributed by atoms with Gasteiger partial charge in [0.25, 0.3) is 0 Å². The molecule has 1 aromatic carbocycles. The smallest absolute Gasteiger partial charge is 0.123 e. The minimum absolute atomic E-state index is 0.271. The van der Waals surface area contributed by atoms with E-state index in [4.69, 9.17) is 4.74 Å². The third-order valence-electron chi connectivity index (χ3n) is 2.11. The molecule has 3 heteroatoms. The molecule has 1 aromatic rings. The standard InChI is InChI=1S/C11H15BrO2/c1-8(13)6-7-9-10(12)4-3-5-11(9)14-2/h3-5,8,13H,6-7H2,1-2H3. The third kappa shape index (κ3) is 3.00. The first-order valence-corrected chi connectivity index (χ1v) is 5.44. The van der Waals surface area contributed by atoms with Crippen LogP contribution in [-0.4, -0.2) is 18.3 Å². The molecule has 0 aliphatic rings. The summed E-state index contributed by atoms with van der Waals surface area (Å²) in [5, 5.41) is 9.21. The van der Waals surface area contributed by atoms with Crippen molar-refractivity contribution in [3.63, 3.8) is 0 Å². The monoisotopic (exact) mass is 258 g/mol. The predicted molar refractivity (Wildman–Crippen MR) is 60.7 cm³/mol. The lowest BCUT2D eigenvalue weighted by Gasteiger charge is -2.11. The third-order valence-corrected chi connectivity index (χ3v) is 2.85. The second-order valence-electron chi connectivity index (χ2n) is 3.31. The Kier molecular flexibility index (Phi) is 4.42. The molecule has 0 aliphatic carbocycles. The average molecular weight is 259 g/mol. The van der Waals surface area contributed by atoms with Crippen LogP contribution in [0.4, 0.5) is 0 Å². The number of aliphatic hydroxyl groups is 1. The second kappa shape index (κ2) is 5.37. The van der Waals surface area contributed by atoms with Gasteiger partial charge in [-0.25, -0.2) is 0 Å². The van der Waals surface area contributed by atoms with Crippen molar-refractivity contribution in [2.75, 3.05) is 7.11 Å². The van der Waals surface area contributed by atoms with Crippen molar-refractivity contribution >= 4 is 15.9 Å². The minimum atomic E-state index is -0.271. The summed E-state index contributed by atoms with van der Waals surface area (Å²) < 4.78 is 6.29. The van der Waals surface area contributed by atoms with Crippen LogP contribution >= 0.6 is 15.9 Å². The zero-order valence-corrected chi connectivity index (χ0v) is 10.0. The number of aliphatic hydroxyl groups excluding tert-OH is 1. The van der Waals surface area contributed by atoms with Crippen LogP contribution in [0, 0.1) is 0 Å². The highest BCUT2D eigenvalue weighted by Crippen LogP contribution is 2.27. The van der Waals surface area contributed by atoms with Gasteiger partial charge >= 0.3 is 0 Å². The van der Waals surface area contributed by atoms with Crippen LogP contribution < -0.4 is 4.74 Å². The molecular weight excluding hydrogens is 244 g/mol. The van der Waals surface area contributed by atoms with E-state index in [9.17, 15) is 5.11 Å². The van der Waals surface area contributed by atoms with Gasteiger partial charge in [0.2, 0.25) is 0 Å². The van der Waals surface area contributed by atoms with Gasteiger partial charge in [-0.3, -0.25) is 0 Å². The van der Waals surface area contributed by atoms with Crippen molar-refractivity contribution in [1.82, 2.24) is 0 Å². The lowest BCUT2D eigenvalue weighted by Crippen LogP contribution is -2.03. The molecule has 0 saturated heterocycles. The molecule has 2 nitrogen and oxygen atoms in total. The average Bonchev–Trinajstić information content (AvgIpc) is 2.15. The van der Waals surface area contributed by atoms with Gasteiger partial charge in [0.1, 0.15) is 5.75 Å². The maximum Gasteiger partial charge on any atom is 0.123 e. The van der Waals surface area contributed by atoms with E-state index in [0.29, 0.717) is 0 Å². The highest BCUT2D eigenvalue weighted by atomic mass is 79.9. The van der Waals surface area contributed by atoms with Crippen LogP contribution in [0.1, 0.15) is 18.9 Å². The van der Waals surface area contributed by atoms with Gasteiger partial charge in [-0.2, -0.15) is 0 Å². The lowest BCUT2D eigenvalue weighted by molar-refractivity contribution is 0.184. The summed E-state index contributed by atoms with van der Waals surface area (Å²) in [6.07, 6.45) is 1.30. The van der Waals surface area contributed by atoms with E-state index in [-0.39, 0.29) is 6.10 Å². The van der Waals surface area contributed by atoms with Gasteiger partial charge in [-0.15, -0.1) is 0 Å². The minimum Gasteiger partial charge on any atom is -0.496 e. The Labute approximate surface area is 93.0 Å². The van der Waals surface area contributed by atoms with Gasteiger partial charge in [0.15, 0.2) is 0 Å². The van der Waals surface area contributed by atoms with E-state index in [1.807, 2.05) is 18.2 Å². The van der Waals surface area contributed by atoms with Gasteiger partial charge in [-0.05, 0) is 31.9 Å². The number of methoxy groups -OCH3 is 1. The molecule has 0 heterocycles. The van der Waals surface area contributed by atoms with E-state index in [0.717, 1.165) is 28.6 Å². The van der Waals surface area contributed by atoms with Crippen molar-refractivity contribution in [1.29, 1.82) is 0 Å². The molecule has 0 radical (unpaired) electrons. The van der Waals surface area contributed by atoms with Crippen LogP contribution in [-0.2, 0) is 6.42 Å². The first kappa shape index (κ1) is 11.5. The Morgan fingerprint density at radius 3 is 2.79 bits per heavy atom. The number of hydrogen-bond acceptors (Lipinski definition) is 2. The van der Waals surface area contributed by atoms with Gasteiger partial charge < -0.3 is 9.84 Å². The van der Waals surface area contributed by atoms with Crippen molar-refractivity contribution in [2.24, 2.45) is 0 Å². The quantitative estimate of drug-likeness (QED) is 0.900. The van der Waals surface area contributed by atoms with Crippen molar-refractivity contribution in [3.8, 4) is 5.75 Å². The summed E-state index contributed by atoms with van der Waals surface area (Å²) >= 11 is 3.48. The molecule has 14 heavy (non-hydrogen) atoms. The Balaban J connectivity index is 2.82. The highest BCUT2D eigenvalue weighted by Gasteiger charge is 2.07. The number of benzene rings is 1. The zero-order valence-electron chi connectivity index (χ0n) is 8.46. The van der Waals surface area contributed by atoms with E-state index < -0.39 is 0 Å². The number of halogens is 1. The fourth-order valence-electron chi connectivity index (χ4n) is 1.33. The molecule has 0 aliphatic heterocycles. The Morgan fingerprint density at radius 1 is 1.50 bits per heavy atom. The zero-order chi connectivity index (χ0) is 10.6. The molecular formula is C11H15BrO2. The van der Waals surface area contributed by atoms with Crippen molar-refractivity contribution in [2.45, 2.75) is 25.9 Å². The van der Waals surface area contributed by atoms with E-state index in [1.165, 1.54) is 0 Å². The van der Waals surface area contributed by atoms with Gasteiger partial charge in [0.05, 0.1) is 13.2 Å². The first-order chi connectivity index (χ1) is 6.65. The Bertz CT molecular complexity index is 297. The molecule has 1 N–H and O–H groups in total. The van der Waals surface area contributed by atoms with E-state index in [1.54, 1.807) is 14.0 Å². The predicted octanol–water partition coefficient (Wildman–Crippen LogP) is 2.77. The fraction of sp³-hybridized carbons (Fsp3) is 0.455. The van der Waals surface area contributed by atoms with Crippen LogP contribution in [0.2, 0.25) is 0 Å². The van der Waals surface area contributed by atoms with E-state index >= 15 is 0 Å². The summed E-state index contributed by atoms with van der Waals surface area (Å²) in [5.41, 5.74) is 1.12. The Hall–Kier alpha value is -0.540. The summed E-state index contributed by atoms with van der Waals surface area (Å²) in [7, 11) is 1.66. The molecule has 0 amide bonds. The number of hydrogen-bond donors (Lipinski definition) is 1. The summed E-state index contributed by atoms with van der Waals surface area (Å²) in [6.45, 7) is 1.79. The topological polar surface area (TPSA) is 29.5 Å². The number of rotatable bonds is 4. The molecule has 1 rings (SSSR count). The van der Waals surface area contributed by atoms with Gasteiger partial charge in [-0.1, -0.05) is 22.0 Å². The maximum atomic E-state index is 9.21. The summed E-state index contributed by atoms with van der Waals surface area (Å²) in [5.74, 6) is 0.875. The summed E-state index contributed by atoms with van der Waals surface area (Å²) in [4.78, 5) is 0. The molecule has 0 bridgehead atoms. The van der Waals surface area contributed by atoms with Crippen LogP contribution in [0.3, 0.4) is 0 Å². The summed E-state index contributed by atoms with van der Waals surface area (Å²) in [6, 6.07) is 5.86. The molecule has 1 unspecified atom stereocenters.